The fraction of sp³-hybridized carbons (Fsp3) is 0.316. The van der Waals surface area contributed by atoms with Crippen LogP contribution < -0.4 is 5.73 Å². The lowest BCUT2D eigenvalue weighted by Crippen LogP contribution is -2.10. The van der Waals surface area contributed by atoms with Gasteiger partial charge in [-0.25, -0.2) is 0 Å². The molecule has 0 heterocycles. The number of amides is 1. The molecular weight excluding hydrogens is 274 g/mol. The van der Waals surface area contributed by atoms with Crippen LogP contribution in [0.1, 0.15) is 41.6 Å². The highest BCUT2D eigenvalue weighted by Crippen LogP contribution is 2.23. The van der Waals surface area contributed by atoms with E-state index < -0.39 is 5.91 Å². The molecule has 1 saturated carbocycles. The van der Waals surface area contributed by atoms with Crippen molar-refractivity contribution >= 4 is 5.91 Å². The third-order valence-electron chi connectivity index (χ3n) is 4.24. The van der Waals surface area contributed by atoms with Crippen LogP contribution in [-0.4, -0.2) is 12.0 Å². The van der Waals surface area contributed by atoms with Gasteiger partial charge in [-0.2, -0.15) is 0 Å². The van der Waals surface area contributed by atoms with Gasteiger partial charge in [0, 0.05) is 5.56 Å². The van der Waals surface area contributed by atoms with E-state index in [9.17, 15) is 4.79 Å². The van der Waals surface area contributed by atoms with E-state index in [1.165, 1.54) is 31.2 Å². The van der Waals surface area contributed by atoms with Crippen molar-refractivity contribution in [1.82, 2.24) is 0 Å². The average Bonchev–Trinajstić information content (AvgIpc) is 3.07. The Labute approximate surface area is 131 Å². The van der Waals surface area contributed by atoms with E-state index in [1.54, 1.807) is 12.1 Å². The maximum atomic E-state index is 11.1. The molecule has 1 amide bonds. The summed E-state index contributed by atoms with van der Waals surface area (Å²) < 4.78 is 5.93. The van der Waals surface area contributed by atoms with E-state index in [0.717, 1.165) is 11.1 Å². The zero-order valence-corrected chi connectivity index (χ0v) is 12.6. The van der Waals surface area contributed by atoms with Gasteiger partial charge in [-0.3, -0.25) is 4.79 Å². The van der Waals surface area contributed by atoms with Crippen LogP contribution in [0, 0.1) is 0 Å². The number of nitrogens with two attached hydrogens (primary N) is 1. The molecule has 1 aliphatic carbocycles. The van der Waals surface area contributed by atoms with Crippen LogP contribution in [0.25, 0.3) is 11.1 Å². The van der Waals surface area contributed by atoms with Crippen molar-refractivity contribution in [2.45, 2.75) is 38.4 Å². The van der Waals surface area contributed by atoms with Crippen molar-refractivity contribution < 1.29 is 9.53 Å². The molecule has 1 aliphatic rings. The molecule has 22 heavy (non-hydrogen) atoms. The van der Waals surface area contributed by atoms with Crippen molar-refractivity contribution in [3.63, 3.8) is 0 Å². The maximum absolute atomic E-state index is 11.1. The van der Waals surface area contributed by atoms with Gasteiger partial charge in [-0.05, 0) is 41.7 Å². The number of benzene rings is 2. The van der Waals surface area contributed by atoms with Crippen LogP contribution in [0.5, 0.6) is 0 Å². The number of hydrogen-bond acceptors (Lipinski definition) is 2. The van der Waals surface area contributed by atoms with Gasteiger partial charge in [0.05, 0.1) is 12.7 Å². The maximum Gasteiger partial charge on any atom is 0.248 e. The van der Waals surface area contributed by atoms with Crippen molar-refractivity contribution in [2.24, 2.45) is 5.73 Å². The molecule has 2 aromatic rings. The molecule has 2 N–H and O–H groups in total. The predicted octanol–water partition coefficient (Wildman–Crippen LogP) is 3.91. The van der Waals surface area contributed by atoms with Crippen molar-refractivity contribution in [2.75, 3.05) is 0 Å². The number of carbonyl (C=O) groups is 1. The molecule has 114 valence electrons. The quantitative estimate of drug-likeness (QED) is 0.909. The molecule has 0 spiro atoms. The van der Waals surface area contributed by atoms with Crippen LogP contribution in [0.15, 0.2) is 48.5 Å². The second kappa shape index (κ2) is 6.75. The molecule has 0 aromatic heterocycles. The van der Waals surface area contributed by atoms with Gasteiger partial charge in [0.15, 0.2) is 0 Å². The second-order valence-electron chi connectivity index (χ2n) is 5.86. The van der Waals surface area contributed by atoms with E-state index in [0.29, 0.717) is 18.3 Å². The molecule has 3 rings (SSSR count). The van der Waals surface area contributed by atoms with Gasteiger partial charge in [-0.1, -0.05) is 49.2 Å². The fourth-order valence-electron chi connectivity index (χ4n) is 2.89. The fourth-order valence-corrected chi connectivity index (χ4v) is 2.89. The highest BCUT2D eigenvalue weighted by molar-refractivity contribution is 5.93. The van der Waals surface area contributed by atoms with Gasteiger partial charge in [0.1, 0.15) is 0 Å². The van der Waals surface area contributed by atoms with Crippen LogP contribution in [0.3, 0.4) is 0 Å². The molecule has 3 heteroatoms. The third kappa shape index (κ3) is 3.55. The Morgan fingerprint density at radius 1 is 0.955 bits per heavy atom. The summed E-state index contributed by atoms with van der Waals surface area (Å²) in [4.78, 5) is 11.1. The zero-order chi connectivity index (χ0) is 15.4. The van der Waals surface area contributed by atoms with E-state index in [1.807, 2.05) is 12.1 Å². The van der Waals surface area contributed by atoms with Gasteiger partial charge in [0.2, 0.25) is 5.91 Å². The van der Waals surface area contributed by atoms with Crippen LogP contribution in [0.4, 0.5) is 0 Å². The summed E-state index contributed by atoms with van der Waals surface area (Å²) in [6.45, 7) is 0.686. The largest absolute Gasteiger partial charge is 0.374 e. The Morgan fingerprint density at radius 2 is 1.50 bits per heavy atom. The first kappa shape index (κ1) is 14.8. The van der Waals surface area contributed by atoms with Gasteiger partial charge in [0.25, 0.3) is 0 Å². The smallest absolute Gasteiger partial charge is 0.248 e. The minimum absolute atomic E-state index is 0.397. The Balaban J connectivity index is 1.64. The topological polar surface area (TPSA) is 52.3 Å². The number of rotatable bonds is 5. The summed E-state index contributed by atoms with van der Waals surface area (Å²) in [6.07, 6.45) is 5.44. The molecule has 0 unspecified atom stereocenters. The van der Waals surface area contributed by atoms with E-state index in [2.05, 4.69) is 24.3 Å². The molecule has 0 aliphatic heterocycles. The second-order valence-corrected chi connectivity index (χ2v) is 5.86. The predicted molar refractivity (Wildman–Crippen MR) is 87.4 cm³/mol. The first-order valence-electron chi connectivity index (χ1n) is 7.83. The Kier molecular flexibility index (Phi) is 4.54. The lowest BCUT2D eigenvalue weighted by atomic mass is 10.0. The summed E-state index contributed by atoms with van der Waals surface area (Å²) >= 11 is 0. The molecule has 0 radical (unpaired) electrons. The highest BCUT2D eigenvalue weighted by atomic mass is 16.5. The minimum Gasteiger partial charge on any atom is -0.374 e. The molecule has 3 nitrogen and oxygen atoms in total. The summed E-state index contributed by atoms with van der Waals surface area (Å²) in [5.74, 6) is -0.397. The molecule has 0 bridgehead atoms. The third-order valence-corrected chi connectivity index (χ3v) is 4.24. The highest BCUT2D eigenvalue weighted by Gasteiger charge is 2.15. The Hall–Kier alpha value is -2.13. The van der Waals surface area contributed by atoms with Crippen LogP contribution in [0.2, 0.25) is 0 Å². The summed E-state index contributed by atoms with van der Waals surface area (Å²) in [7, 11) is 0. The number of hydrogen-bond donors (Lipinski definition) is 1. The van der Waals surface area contributed by atoms with Gasteiger partial charge < -0.3 is 10.5 Å². The first-order valence-corrected chi connectivity index (χ1v) is 7.83. The number of carbonyl (C=O) groups excluding carboxylic acids is 1. The van der Waals surface area contributed by atoms with Gasteiger partial charge >= 0.3 is 0 Å². The average molecular weight is 295 g/mol. The summed E-state index contributed by atoms with van der Waals surface area (Å²) in [5, 5.41) is 0. The van der Waals surface area contributed by atoms with Crippen molar-refractivity contribution in [3.05, 3.63) is 59.7 Å². The minimum atomic E-state index is -0.397. The molecule has 2 aromatic carbocycles. The lowest BCUT2D eigenvalue weighted by molar-refractivity contribution is 0.0457. The lowest BCUT2D eigenvalue weighted by Gasteiger charge is -2.11. The number of primary amides is 1. The van der Waals surface area contributed by atoms with Crippen molar-refractivity contribution in [3.8, 4) is 11.1 Å². The van der Waals surface area contributed by atoms with Crippen molar-refractivity contribution in [1.29, 1.82) is 0 Å². The van der Waals surface area contributed by atoms with Crippen LogP contribution in [-0.2, 0) is 11.3 Å². The standard InChI is InChI=1S/C19H21NO2/c20-19(21)17-11-9-16(10-12-17)15-7-5-14(6-8-15)13-22-18-3-1-2-4-18/h5-12,18H,1-4,13H2,(H2,20,21). The molecule has 0 saturated heterocycles. The normalized spacial score (nSPS) is 15.1. The molecular formula is C19H21NO2. The van der Waals surface area contributed by atoms with E-state index >= 15 is 0 Å². The van der Waals surface area contributed by atoms with E-state index in [-0.39, 0.29) is 0 Å². The monoisotopic (exact) mass is 295 g/mol. The van der Waals surface area contributed by atoms with Crippen LogP contribution >= 0.6 is 0 Å². The molecule has 0 atom stereocenters. The van der Waals surface area contributed by atoms with E-state index in [4.69, 9.17) is 10.5 Å². The number of ether oxygens (including phenoxy) is 1. The SMILES string of the molecule is NC(=O)c1ccc(-c2ccc(COC3CCCC3)cc2)cc1. The summed E-state index contributed by atoms with van der Waals surface area (Å²) in [6, 6.07) is 15.7. The first-order chi connectivity index (χ1) is 10.7. The van der Waals surface area contributed by atoms with Gasteiger partial charge in [-0.15, -0.1) is 0 Å². The summed E-state index contributed by atoms with van der Waals surface area (Å²) in [5.41, 5.74) is 9.19. The Bertz CT molecular complexity index is 625. The Morgan fingerprint density at radius 3 is 2.05 bits per heavy atom. The molecule has 1 fully saturated rings. The zero-order valence-electron chi connectivity index (χ0n) is 12.6.